The van der Waals surface area contributed by atoms with Gasteiger partial charge < -0.3 is 15.3 Å². The van der Waals surface area contributed by atoms with E-state index in [1.54, 1.807) is 4.90 Å². The Kier molecular flexibility index (Phi) is 3.14. The highest BCUT2D eigenvalue weighted by molar-refractivity contribution is 5.89. The topological polar surface area (TPSA) is 69.6 Å². The van der Waals surface area contributed by atoms with Gasteiger partial charge in [-0.15, -0.1) is 0 Å². The summed E-state index contributed by atoms with van der Waals surface area (Å²) in [5, 5.41) is 12.0. The van der Waals surface area contributed by atoms with Crippen LogP contribution >= 0.6 is 0 Å². The minimum Gasteiger partial charge on any atom is -0.393 e. The fourth-order valence-corrected chi connectivity index (χ4v) is 2.28. The number of likely N-dealkylation sites (tertiary alicyclic amines) is 1. The largest absolute Gasteiger partial charge is 0.393 e. The van der Waals surface area contributed by atoms with Crippen molar-refractivity contribution in [2.24, 2.45) is 5.92 Å². The van der Waals surface area contributed by atoms with Crippen LogP contribution in [0.5, 0.6) is 0 Å². The fraction of sp³-hybridized carbons (Fsp3) is 0.818. The molecule has 16 heavy (non-hydrogen) atoms. The van der Waals surface area contributed by atoms with Crippen molar-refractivity contribution in [3.05, 3.63) is 0 Å². The van der Waals surface area contributed by atoms with Crippen LogP contribution < -0.4 is 5.32 Å². The van der Waals surface area contributed by atoms with Crippen molar-refractivity contribution in [1.82, 2.24) is 10.2 Å². The molecule has 0 spiro atoms. The highest BCUT2D eigenvalue weighted by Crippen LogP contribution is 2.22. The summed E-state index contributed by atoms with van der Waals surface area (Å²) in [5.41, 5.74) is 0. The molecule has 2 fully saturated rings. The zero-order chi connectivity index (χ0) is 11.7. The smallest absolute Gasteiger partial charge is 0.225 e. The third-order valence-corrected chi connectivity index (χ3v) is 3.43. The summed E-state index contributed by atoms with van der Waals surface area (Å²) in [6.45, 7) is 3.13. The van der Waals surface area contributed by atoms with E-state index in [0.717, 1.165) is 0 Å². The predicted molar refractivity (Wildman–Crippen MR) is 57.5 cm³/mol. The Hall–Kier alpha value is -1.10. The zero-order valence-electron chi connectivity index (χ0n) is 9.48. The molecule has 2 N–H and O–H groups in total. The first-order valence-electron chi connectivity index (χ1n) is 5.86. The van der Waals surface area contributed by atoms with Gasteiger partial charge in [0, 0.05) is 25.6 Å². The summed E-state index contributed by atoms with van der Waals surface area (Å²) in [7, 11) is 0. The minimum absolute atomic E-state index is 0.0406. The number of carbonyl (C=O) groups excluding carboxylic acids is 2. The predicted octanol–water partition coefficient (Wildman–Crippen LogP) is -0.506. The van der Waals surface area contributed by atoms with Crippen molar-refractivity contribution in [3.8, 4) is 0 Å². The van der Waals surface area contributed by atoms with Gasteiger partial charge in [-0.25, -0.2) is 0 Å². The average molecular weight is 226 g/mol. The molecule has 1 aliphatic heterocycles. The molecule has 0 aromatic heterocycles. The molecule has 2 rings (SSSR count). The molecule has 1 heterocycles. The lowest BCUT2D eigenvalue weighted by Gasteiger charge is -2.32. The SMILES string of the molecule is CCN1CC(C(=O)NC2CC(O)C2)CC1=O. The second-order valence-electron chi connectivity index (χ2n) is 4.66. The van der Waals surface area contributed by atoms with Gasteiger partial charge in [-0.1, -0.05) is 0 Å². The van der Waals surface area contributed by atoms with Crippen LogP contribution in [-0.2, 0) is 9.59 Å². The highest BCUT2D eigenvalue weighted by atomic mass is 16.3. The number of hydrogen-bond donors (Lipinski definition) is 2. The molecule has 1 saturated carbocycles. The molecule has 2 aliphatic rings. The summed E-state index contributed by atoms with van der Waals surface area (Å²) in [5.74, 6) is -0.178. The second-order valence-corrected chi connectivity index (χ2v) is 4.66. The standard InChI is InChI=1S/C11H18N2O3/c1-2-13-6-7(3-10(13)15)11(16)12-8-4-9(14)5-8/h7-9,14H,2-6H2,1H3,(H,12,16). The molecule has 1 aliphatic carbocycles. The van der Waals surface area contributed by atoms with Crippen LogP contribution in [0.4, 0.5) is 0 Å². The Morgan fingerprint density at radius 3 is 2.75 bits per heavy atom. The van der Waals surface area contributed by atoms with Crippen LogP contribution in [0.3, 0.4) is 0 Å². The summed E-state index contributed by atoms with van der Waals surface area (Å²) in [6.07, 6.45) is 1.35. The molecular weight excluding hydrogens is 208 g/mol. The van der Waals surface area contributed by atoms with Gasteiger partial charge in [0.25, 0.3) is 0 Å². The van der Waals surface area contributed by atoms with Crippen LogP contribution in [0.2, 0.25) is 0 Å². The monoisotopic (exact) mass is 226 g/mol. The number of nitrogens with one attached hydrogen (secondary N) is 1. The number of rotatable bonds is 3. The van der Waals surface area contributed by atoms with Crippen LogP contribution in [0.15, 0.2) is 0 Å². The van der Waals surface area contributed by atoms with E-state index >= 15 is 0 Å². The van der Waals surface area contributed by atoms with E-state index in [2.05, 4.69) is 5.32 Å². The van der Waals surface area contributed by atoms with Gasteiger partial charge in [0.05, 0.1) is 12.0 Å². The van der Waals surface area contributed by atoms with E-state index in [1.807, 2.05) is 6.92 Å². The molecular formula is C11H18N2O3. The number of aliphatic hydroxyl groups is 1. The van der Waals surface area contributed by atoms with E-state index in [0.29, 0.717) is 32.4 Å². The normalized spacial score (nSPS) is 33.8. The van der Waals surface area contributed by atoms with Crippen molar-refractivity contribution in [3.63, 3.8) is 0 Å². The van der Waals surface area contributed by atoms with E-state index in [4.69, 9.17) is 5.11 Å². The molecule has 5 nitrogen and oxygen atoms in total. The first-order chi connectivity index (χ1) is 7.60. The average Bonchev–Trinajstić information content (AvgIpc) is 2.57. The van der Waals surface area contributed by atoms with Gasteiger partial charge in [0.15, 0.2) is 0 Å². The number of aliphatic hydroxyl groups excluding tert-OH is 1. The molecule has 2 amide bonds. The lowest BCUT2D eigenvalue weighted by molar-refractivity contribution is -0.129. The number of carbonyl (C=O) groups is 2. The summed E-state index contributed by atoms with van der Waals surface area (Å²) < 4.78 is 0. The van der Waals surface area contributed by atoms with Crippen LogP contribution in [-0.4, -0.2) is 47.1 Å². The molecule has 1 saturated heterocycles. The van der Waals surface area contributed by atoms with Gasteiger partial charge >= 0.3 is 0 Å². The second kappa shape index (κ2) is 4.41. The van der Waals surface area contributed by atoms with E-state index in [9.17, 15) is 9.59 Å². The molecule has 0 radical (unpaired) electrons. The molecule has 90 valence electrons. The Balaban J connectivity index is 1.80. The van der Waals surface area contributed by atoms with Gasteiger partial charge in [0.2, 0.25) is 11.8 Å². The molecule has 5 heteroatoms. The maximum Gasteiger partial charge on any atom is 0.225 e. The van der Waals surface area contributed by atoms with Crippen molar-refractivity contribution in [1.29, 1.82) is 0 Å². The molecule has 1 atom stereocenters. The van der Waals surface area contributed by atoms with Crippen molar-refractivity contribution < 1.29 is 14.7 Å². The van der Waals surface area contributed by atoms with Gasteiger partial charge in [-0.05, 0) is 19.8 Å². The first-order valence-corrected chi connectivity index (χ1v) is 5.86. The maximum atomic E-state index is 11.8. The van der Waals surface area contributed by atoms with Gasteiger partial charge in [-0.2, -0.15) is 0 Å². The van der Waals surface area contributed by atoms with E-state index in [-0.39, 0.29) is 29.9 Å². The summed E-state index contributed by atoms with van der Waals surface area (Å²) in [4.78, 5) is 24.9. The quantitative estimate of drug-likeness (QED) is 0.681. The molecule has 0 aromatic rings. The molecule has 0 aromatic carbocycles. The van der Waals surface area contributed by atoms with Gasteiger partial charge in [-0.3, -0.25) is 9.59 Å². The van der Waals surface area contributed by atoms with Crippen molar-refractivity contribution in [2.75, 3.05) is 13.1 Å². The Bertz CT molecular complexity index is 300. The minimum atomic E-state index is -0.261. The van der Waals surface area contributed by atoms with Gasteiger partial charge in [0.1, 0.15) is 0 Å². The van der Waals surface area contributed by atoms with Crippen LogP contribution in [0, 0.1) is 5.92 Å². The summed E-state index contributed by atoms with van der Waals surface area (Å²) >= 11 is 0. The maximum absolute atomic E-state index is 11.8. The zero-order valence-corrected chi connectivity index (χ0v) is 9.48. The Morgan fingerprint density at radius 2 is 2.25 bits per heavy atom. The van der Waals surface area contributed by atoms with E-state index < -0.39 is 0 Å². The highest BCUT2D eigenvalue weighted by Gasteiger charge is 2.36. The summed E-state index contributed by atoms with van der Waals surface area (Å²) in [6, 6.07) is 0.105. The van der Waals surface area contributed by atoms with Crippen molar-refractivity contribution in [2.45, 2.75) is 38.3 Å². The van der Waals surface area contributed by atoms with E-state index in [1.165, 1.54) is 0 Å². The Morgan fingerprint density at radius 1 is 1.56 bits per heavy atom. The van der Waals surface area contributed by atoms with Crippen LogP contribution in [0.1, 0.15) is 26.2 Å². The number of amides is 2. The number of nitrogens with zero attached hydrogens (tertiary/aromatic N) is 1. The number of hydrogen-bond acceptors (Lipinski definition) is 3. The fourth-order valence-electron chi connectivity index (χ4n) is 2.28. The third kappa shape index (κ3) is 2.19. The van der Waals surface area contributed by atoms with Crippen molar-refractivity contribution >= 4 is 11.8 Å². The first kappa shape index (κ1) is 11.4. The van der Waals surface area contributed by atoms with Crippen LogP contribution in [0.25, 0.3) is 0 Å². The lowest BCUT2D eigenvalue weighted by Crippen LogP contribution is -2.48. The molecule has 1 unspecified atom stereocenters. The third-order valence-electron chi connectivity index (χ3n) is 3.43. The Labute approximate surface area is 94.8 Å². The molecule has 0 bridgehead atoms. The lowest BCUT2D eigenvalue weighted by atomic mass is 9.89.